The first-order chi connectivity index (χ1) is 2.00. The van der Waals surface area contributed by atoms with Crippen LogP contribution in [0.1, 0.15) is 0 Å². The van der Waals surface area contributed by atoms with Crippen molar-refractivity contribution in [3.05, 3.63) is 0 Å². The Morgan fingerprint density at radius 2 is 0.714 bits per heavy atom. The summed E-state index contributed by atoms with van der Waals surface area (Å²) >= 11 is -6.75. The molecule has 0 aromatic rings. The molecule has 0 aliphatic rings. The van der Waals surface area contributed by atoms with Gasteiger partial charge < -0.3 is 11.0 Å². The van der Waals surface area contributed by atoms with Crippen LogP contribution in [0.2, 0.25) is 0 Å². The molecule has 0 heterocycles. The molecule has 2 nitrogen and oxygen atoms in total. The normalized spacial score (nSPS) is 10.9. The molecule has 0 aromatic heterocycles. The van der Waals surface area contributed by atoms with Gasteiger partial charge in [-0.05, 0) is 0 Å². The topological polar surface area (TPSA) is 63.0 Å². The van der Waals surface area contributed by atoms with E-state index in [1.165, 1.54) is 0 Å². The third-order valence-electron chi connectivity index (χ3n) is 0. The van der Waals surface area contributed by atoms with Crippen molar-refractivity contribution >= 4 is 0 Å². The van der Waals surface area contributed by atoms with E-state index in [2.05, 4.69) is 0 Å². The second kappa shape index (κ2) is 4.33. The predicted octanol–water partition coefficient (Wildman–Crippen LogP) is 0.0289. The molecule has 0 rings (SSSR count). The van der Waals surface area contributed by atoms with Crippen LogP contribution in [-0.2, 0) is 14.9 Å². The van der Waals surface area contributed by atoms with Crippen LogP contribution in [0.15, 0.2) is 0 Å². The van der Waals surface area contributed by atoms with Crippen LogP contribution in [-0.4, -0.2) is 11.0 Å². The summed E-state index contributed by atoms with van der Waals surface area (Å²) in [5.41, 5.74) is 0. The van der Waals surface area contributed by atoms with Crippen molar-refractivity contribution in [3.63, 3.8) is 0 Å². The molecule has 0 aliphatic carbocycles. The fraction of sp³-hybridized carbons (Fsp3) is 0. The maximum atomic E-state index is 9.84. The Balaban J connectivity index is -0.0000000800. The molecule has 0 spiro atoms. The SMILES string of the molecule is O.O.[F][Cr]([F])([F])[F]. The van der Waals surface area contributed by atoms with Crippen molar-refractivity contribution in [2.24, 2.45) is 0 Å². The molecule has 0 aromatic carbocycles. The zero-order valence-corrected chi connectivity index (χ0v) is 4.20. The number of halogens is 4. The van der Waals surface area contributed by atoms with E-state index in [1.54, 1.807) is 0 Å². The van der Waals surface area contributed by atoms with Gasteiger partial charge in [-0.1, -0.05) is 0 Å². The second-order valence-corrected chi connectivity index (χ2v) is 1.44. The summed E-state index contributed by atoms with van der Waals surface area (Å²) in [5.74, 6) is 0. The average Bonchev–Trinajstić information content (AvgIpc) is 0.722. The van der Waals surface area contributed by atoms with Crippen molar-refractivity contribution in [2.75, 3.05) is 0 Å². The minimum atomic E-state index is -6.75. The molecule has 0 atom stereocenters. The van der Waals surface area contributed by atoms with Crippen molar-refractivity contribution in [2.45, 2.75) is 0 Å². The molecule has 0 amide bonds. The second-order valence-electron chi connectivity index (χ2n) is 0.350. The predicted molar refractivity (Wildman–Crippen MR) is 11.7 cm³/mol. The summed E-state index contributed by atoms with van der Waals surface area (Å²) in [6.07, 6.45) is 0. The first-order valence-electron chi connectivity index (χ1n) is 0.617. The van der Waals surface area contributed by atoms with E-state index < -0.39 is 14.9 Å². The molecular weight excluding hydrogens is 160 g/mol. The molecule has 0 saturated carbocycles. The van der Waals surface area contributed by atoms with Gasteiger partial charge in [0.2, 0.25) is 0 Å². The van der Waals surface area contributed by atoms with Crippen LogP contribution < -0.4 is 0 Å². The number of rotatable bonds is 0. The van der Waals surface area contributed by atoms with E-state index in [9.17, 15) is 14.1 Å². The summed E-state index contributed by atoms with van der Waals surface area (Å²) in [6.45, 7) is 0. The van der Waals surface area contributed by atoms with Gasteiger partial charge in [0.05, 0.1) is 0 Å². The van der Waals surface area contributed by atoms with Crippen molar-refractivity contribution in [3.8, 4) is 0 Å². The Bertz CT molecular complexity index is 25.2. The third-order valence-corrected chi connectivity index (χ3v) is 0. The van der Waals surface area contributed by atoms with E-state index in [4.69, 9.17) is 0 Å². The number of hydrogen-bond acceptors (Lipinski definition) is 0. The van der Waals surface area contributed by atoms with Crippen molar-refractivity contribution in [1.29, 1.82) is 0 Å². The molecule has 0 fully saturated rings. The van der Waals surface area contributed by atoms with Crippen molar-refractivity contribution in [1.82, 2.24) is 0 Å². The molecule has 0 unspecified atom stereocenters. The van der Waals surface area contributed by atoms with E-state index in [1.807, 2.05) is 0 Å². The fourth-order valence-electron chi connectivity index (χ4n) is 0. The van der Waals surface area contributed by atoms with Gasteiger partial charge in [-0.3, -0.25) is 0 Å². The van der Waals surface area contributed by atoms with E-state index in [0.29, 0.717) is 0 Å². The molecular formula is H4CrF4O2. The van der Waals surface area contributed by atoms with Crippen LogP contribution in [0.4, 0.5) is 14.1 Å². The van der Waals surface area contributed by atoms with E-state index in [-0.39, 0.29) is 11.0 Å². The Labute approximate surface area is 41.0 Å². The zero-order valence-electron chi connectivity index (χ0n) is 2.92. The maximum absolute atomic E-state index is 9.84. The van der Waals surface area contributed by atoms with Crippen LogP contribution in [0.3, 0.4) is 0 Å². The molecule has 0 radical (unpaired) electrons. The summed E-state index contributed by atoms with van der Waals surface area (Å²) < 4.78 is 39.4. The summed E-state index contributed by atoms with van der Waals surface area (Å²) in [7, 11) is 0. The van der Waals surface area contributed by atoms with Crippen LogP contribution >= 0.6 is 0 Å². The Kier molecular flexibility index (Phi) is 9.72. The minimum absolute atomic E-state index is 0. The Morgan fingerprint density at radius 1 is 0.714 bits per heavy atom. The molecule has 0 saturated heterocycles. The van der Waals surface area contributed by atoms with Gasteiger partial charge in [0.25, 0.3) is 0 Å². The van der Waals surface area contributed by atoms with E-state index >= 15 is 0 Å². The van der Waals surface area contributed by atoms with E-state index in [0.717, 1.165) is 0 Å². The van der Waals surface area contributed by atoms with Gasteiger partial charge in [-0.15, -0.1) is 0 Å². The monoisotopic (exact) mass is 164 g/mol. The van der Waals surface area contributed by atoms with Crippen molar-refractivity contribution < 1.29 is 40.0 Å². The van der Waals surface area contributed by atoms with Crippen LogP contribution in [0.5, 0.6) is 0 Å². The molecule has 50 valence electrons. The molecule has 0 bridgehead atoms. The summed E-state index contributed by atoms with van der Waals surface area (Å²) in [6, 6.07) is 0. The van der Waals surface area contributed by atoms with Gasteiger partial charge in [-0.2, -0.15) is 0 Å². The Morgan fingerprint density at radius 3 is 0.714 bits per heavy atom. The first-order valence-corrected chi connectivity index (χ1v) is 2.54. The zero-order chi connectivity index (χ0) is 4.50. The van der Waals surface area contributed by atoms with Gasteiger partial charge in [0, 0.05) is 0 Å². The standard InChI is InChI=1S/Cr.4FH.2H2O/h;4*1H;2*1H2/q+4;;;;;;/p-4. The Hall–Kier alpha value is 0.172. The summed E-state index contributed by atoms with van der Waals surface area (Å²) in [5, 5.41) is 0. The van der Waals surface area contributed by atoms with Crippen LogP contribution in [0, 0.1) is 0 Å². The molecule has 0 aliphatic heterocycles. The third kappa shape index (κ3) is 3610. The van der Waals surface area contributed by atoms with Gasteiger partial charge in [-0.25, -0.2) is 0 Å². The van der Waals surface area contributed by atoms with Gasteiger partial charge in [0.15, 0.2) is 0 Å². The van der Waals surface area contributed by atoms with Crippen LogP contribution in [0.25, 0.3) is 0 Å². The average molecular weight is 164 g/mol. The van der Waals surface area contributed by atoms with Gasteiger partial charge in [0.1, 0.15) is 0 Å². The van der Waals surface area contributed by atoms with Gasteiger partial charge >= 0.3 is 29.0 Å². The summed E-state index contributed by atoms with van der Waals surface area (Å²) in [4.78, 5) is 0. The molecule has 4 N–H and O–H groups in total. The quantitative estimate of drug-likeness (QED) is 0.453. The first kappa shape index (κ1) is 15.7. The molecule has 7 heavy (non-hydrogen) atoms. The fourth-order valence-corrected chi connectivity index (χ4v) is 0. The molecule has 7 heteroatoms. The number of hydrogen-bond donors (Lipinski definition) is 0.